The van der Waals surface area contributed by atoms with Crippen LogP contribution in [0.5, 0.6) is 5.75 Å². The molecule has 0 N–H and O–H groups in total. The van der Waals surface area contributed by atoms with Gasteiger partial charge in [-0.25, -0.2) is 4.79 Å². The zero-order valence-electron chi connectivity index (χ0n) is 12.0. The van der Waals surface area contributed by atoms with Crippen molar-refractivity contribution in [3.8, 4) is 5.75 Å². The number of benzene rings is 2. The molecule has 0 fully saturated rings. The van der Waals surface area contributed by atoms with Gasteiger partial charge in [0, 0.05) is 6.07 Å². The first-order valence-electron chi connectivity index (χ1n) is 6.74. The summed E-state index contributed by atoms with van der Waals surface area (Å²) in [5, 5.41) is 10.9. The zero-order chi connectivity index (χ0) is 15.9. The fraction of sp³-hybridized carbons (Fsp3) is 0.188. The summed E-state index contributed by atoms with van der Waals surface area (Å²) in [4.78, 5) is 22.3. The van der Waals surface area contributed by atoms with Gasteiger partial charge < -0.3 is 9.47 Å². The maximum absolute atomic E-state index is 12.0. The topological polar surface area (TPSA) is 78.7 Å². The first kappa shape index (κ1) is 15.5. The minimum atomic E-state index is -0.728. The molecule has 0 aliphatic carbocycles. The SMILES string of the molecule is CCOc1cccc(COC(=O)c2ccccc2[N+](=O)[O-])c1. The third-order valence-corrected chi connectivity index (χ3v) is 2.90. The van der Waals surface area contributed by atoms with E-state index in [9.17, 15) is 14.9 Å². The van der Waals surface area contributed by atoms with Crippen LogP contribution >= 0.6 is 0 Å². The van der Waals surface area contributed by atoms with Crippen LogP contribution < -0.4 is 4.74 Å². The molecule has 0 heterocycles. The molecule has 0 spiro atoms. The fourth-order valence-electron chi connectivity index (χ4n) is 1.92. The first-order chi connectivity index (χ1) is 10.6. The second kappa shape index (κ2) is 7.21. The van der Waals surface area contributed by atoms with Crippen molar-refractivity contribution < 1.29 is 19.2 Å². The van der Waals surface area contributed by atoms with E-state index < -0.39 is 10.9 Å². The lowest BCUT2D eigenvalue weighted by molar-refractivity contribution is -0.385. The van der Waals surface area contributed by atoms with E-state index >= 15 is 0 Å². The van der Waals surface area contributed by atoms with E-state index in [1.54, 1.807) is 30.3 Å². The highest BCUT2D eigenvalue weighted by Crippen LogP contribution is 2.20. The van der Waals surface area contributed by atoms with Crippen molar-refractivity contribution >= 4 is 11.7 Å². The van der Waals surface area contributed by atoms with E-state index in [-0.39, 0.29) is 17.9 Å². The lowest BCUT2D eigenvalue weighted by Crippen LogP contribution is -2.08. The van der Waals surface area contributed by atoms with Crippen molar-refractivity contribution in [2.45, 2.75) is 13.5 Å². The minimum absolute atomic E-state index is 0.0196. The van der Waals surface area contributed by atoms with Gasteiger partial charge in [0.1, 0.15) is 17.9 Å². The fourth-order valence-corrected chi connectivity index (χ4v) is 1.92. The number of para-hydroxylation sites is 1. The Bertz CT molecular complexity index is 684. The third kappa shape index (κ3) is 3.82. The molecule has 0 aliphatic rings. The quantitative estimate of drug-likeness (QED) is 0.464. The summed E-state index contributed by atoms with van der Waals surface area (Å²) < 4.78 is 10.5. The van der Waals surface area contributed by atoms with Gasteiger partial charge in [-0.1, -0.05) is 24.3 Å². The van der Waals surface area contributed by atoms with Crippen LogP contribution in [-0.2, 0) is 11.3 Å². The molecular weight excluding hydrogens is 286 g/mol. The molecule has 0 unspecified atom stereocenters. The highest BCUT2D eigenvalue weighted by Gasteiger charge is 2.20. The molecule has 2 aromatic rings. The Morgan fingerprint density at radius 2 is 1.95 bits per heavy atom. The van der Waals surface area contributed by atoms with E-state index in [1.165, 1.54) is 18.2 Å². The van der Waals surface area contributed by atoms with E-state index in [1.807, 2.05) is 6.92 Å². The molecule has 0 saturated heterocycles. The Hall–Kier alpha value is -2.89. The predicted octanol–water partition coefficient (Wildman–Crippen LogP) is 3.35. The summed E-state index contributed by atoms with van der Waals surface area (Å²) in [5.41, 5.74) is 0.418. The standard InChI is InChI=1S/C16H15NO5/c1-2-21-13-7-5-6-12(10-13)11-22-16(18)14-8-3-4-9-15(14)17(19)20/h3-10H,2,11H2,1H3. The van der Waals surface area contributed by atoms with Crippen LogP contribution in [-0.4, -0.2) is 17.5 Å². The van der Waals surface area contributed by atoms with E-state index in [4.69, 9.17) is 9.47 Å². The van der Waals surface area contributed by atoms with Crippen LogP contribution in [0.25, 0.3) is 0 Å². The number of carbonyl (C=O) groups excluding carboxylic acids is 1. The molecule has 22 heavy (non-hydrogen) atoms. The summed E-state index contributed by atoms with van der Waals surface area (Å²) in [6, 6.07) is 12.8. The molecule has 0 radical (unpaired) electrons. The maximum atomic E-state index is 12.0. The largest absolute Gasteiger partial charge is 0.494 e. The number of hydrogen-bond donors (Lipinski definition) is 0. The molecule has 2 rings (SSSR count). The number of esters is 1. The summed E-state index contributed by atoms with van der Waals surface area (Å²) >= 11 is 0. The van der Waals surface area contributed by atoms with Crippen molar-refractivity contribution in [1.82, 2.24) is 0 Å². The van der Waals surface area contributed by atoms with Crippen LogP contribution in [0.15, 0.2) is 48.5 Å². The van der Waals surface area contributed by atoms with Gasteiger partial charge in [-0.15, -0.1) is 0 Å². The van der Waals surface area contributed by atoms with Crippen LogP contribution in [0.1, 0.15) is 22.8 Å². The number of nitro groups is 1. The van der Waals surface area contributed by atoms with Crippen molar-refractivity contribution in [2.24, 2.45) is 0 Å². The average molecular weight is 301 g/mol. The van der Waals surface area contributed by atoms with Gasteiger partial charge in [0.2, 0.25) is 0 Å². The van der Waals surface area contributed by atoms with Crippen LogP contribution in [0.4, 0.5) is 5.69 Å². The zero-order valence-corrected chi connectivity index (χ0v) is 12.0. The second-order valence-electron chi connectivity index (χ2n) is 4.43. The monoisotopic (exact) mass is 301 g/mol. The molecule has 6 nitrogen and oxygen atoms in total. The molecule has 0 atom stereocenters. The van der Waals surface area contributed by atoms with Gasteiger partial charge in [0.05, 0.1) is 11.5 Å². The van der Waals surface area contributed by atoms with Gasteiger partial charge in [-0.3, -0.25) is 10.1 Å². The average Bonchev–Trinajstić information content (AvgIpc) is 2.53. The Morgan fingerprint density at radius 3 is 2.68 bits per heavy atom. The van der Waals surface area contributed by atoms with Gasteiger partial charge in [0.15, 0.2) is 0 Å². The normalized spacial score (nSPS) is 10.0. The molecular formula is C16H15NO5. The van der Waals surface area contributed by atoms with Gasteiger partial charge in [-0.05, 0) is 30.7 Å². The van der Waals surface area contributed by atoms with Gasteiger partial charge >= 0.3 is 5.97 Å². The van der Waals surface area contributed by atoms with Crippen molar-refractivity contribution in [3.63, 3.8) is 0 Å². The highest BCUT2D eigenvalue weighted by molar-refractivity contribution is 5.93. The molecule has 0 aromatic heterocycles. The summed E-state index contributed by atoms with van der Waals surface area (Å²) in [6.45, 7) is 2.44. The van der Waals surface area contributed by atoms with Crippen LogP contribution in [0.3, 0.4) is 0 Å². The lowest BCUT2D eigenvalue weighted by Gasteiger charge is -2.07. The summed E-state index contributed by atoms with van der Waals surface area (Å²) in [5.74, 6) is -0.0455. The molecule has 6 heteroatoms. The summed E-state index contributed by atoms with van der Waals surface area (Å²) in [6.07, 6.45) is 0. The van der Waals surface area contributed by atoms with Crippen molar-refractivity contribution in [2.75, 3.05) is 6.61 Å². The molecule has 0 saturated carbocycles. The Kier molecular flexibility index (Phi) is 5.08. The molecule has 114 valence electrons. The smallest absolute Gasteiger partial charge is 0.345 e. The number of hydrogen-bond acceptors (Lipinski definition) is 5. The molecule has 0 aliphatic heterocycles. The minimum Gasteiger partial charge on any atom is -0.494 e. The third-order valence-electron chi connectivity index (χ3n) is 2.90. The van der Waals surface area contributed by atoms with Crippen LogP contribution in [0, 0.1) is 10.1 Å². The number of rotatable bonds is 6. The predicted molar refractivity (Wildman–Crippen MR) is 79.8 cm³/mol. The Balaban J connectivity index is 2.07. The lowest BCUT2D eigenvalue weighted by atomic mass is 10.2. The van der Waals surface area contributed by atoms with E-state index in [2.05, 4.69) is 0 Å². The van der Waals surface area contributed by atoms with Gasteiger partial charge in [-0.2, -0.15) is 0 Å². The van der Waals surface area contributed by atoms with Crippen LogP contribution in [0.2, 0.25) is 0 Å². The maximum Gasteiger partial charge on any atom is 0.345 e. The second-order valence-corrected chi connectivity index (χ2v) is 4.43. The first-order valence-corrected chi connectivity index (χ1v) is 6.74. The van der Waals surface area contributed by atoms with Gasteiger partial charge in [0.25, 0.3) is 5.69 Å². The molecule has 0 bridgehead atoms. The van der Waals surface area contributed by atoms with Crippen molar-refractivity contribution in [1.29, 1.82) is 0 Å². The van der Waals surface area contributed by atoms with E-state index in [0.29, 0.717) is 12.4 Å². The number of nitrogens with zero attached hydrogens (tertiary/aromatic N) is 1. The number of carbonyl (C=O) groups is 1. The van der Waals surface area contributed by atoms with Crippen molar-refractivity contribution in [3.05, 3.63) is 69.8 Å². The Morgan fingerprint density at radius 1 is 1.18 bits per heavy atom. The van der Waals surface area contributed by atoms with E-state index in [0.717, 1.165) is 5.56 Å². The number of ether oxygens (including phenoxy) is 2. The number of nitro benzene ring substituents is 1. The molecule has 2 aromatic carbocycles. The molecule has 0 amide bonds. The highest BCUT2D eigenvalue weighted by atomic mass is 16.6. The Labute approximate surface area is 127 Å². The summed E-state index contributed by atoms with van der Waals surface area (Å²) in [7, 11) is 0.